The van der Waals surface area contributed by atoms with Gasteiger partial charge in [0.25, 0.3) is 0 Å². The van der Waals surface area contributed by atoms with Crippen molar-refractivity contribution in [1.82, 2.24) is 19.7 Å². The fraction of sp³-hybridized carbons (Fsp3) is 0.444. The van der Waals surface area contributed by atoms with Crippen molar-refractivity contribution in [3.63, 3.8) is 0 Å². The van der Waals surface area contributed by atoms with E-state index in [0.29, 0.717) is 24.0 Å². The highest BCUT2D eigenvalue weighted by atomic mass is 16.5. The van der Waals surface area contributed by atoms with E-state index in [4.69, 9.17) is 9.63 Å². The Morgan fingerprint density at radius 2 is 2.40 bits per heavy atom. The molecule has 0 bridgehead atoms. The van der Waals surface area contributed by atoms with Crippen LogP contribution in [0.2, 0.25) is 0 Å². The molecule has 0 aromatic carbocycles. The first-order valence-electron chi connectivity index (χ1n) is 4.74. The van der Waals surface area contributed by atoms with E-state index in [1.807, 2.05) is 6.92 Å². The third-order valence-corrected chi connectivity index (χ3v) is 1.99. The van der Waals surface area contributed by atoms with Crippen molar-refractivity contribution < 1.29 is 9.63 Å². The molecule has 0 aliphatic rings. The average molecular weight is 208 g/mol. The summed E-state index contributed by atoms with van der Waals surface area (Å²) in [4.78, 5) is 8.15. The second-order valence-corrected chi connectivity index (χ2v) is 3.15. The van der Waals surface area contributed by atoms with Crippen molar-refractivity contribution in [3.8, 4) is 0 Å². The summed E-state index contributed by atoms with van der Waals surface area (Å²) in [6.45, 7) is 2.41. The van der Waals surface area contributed by atoms with Crippen LogP contribution < -0.4 is 0 Å². The molecular formula is C9H12N4O2. The molecule has 0 spiro atoms. The van der Waals surface area contributed by atoms with E-state index in [0.717, 1.165) is 6.42 Å². The second-order valence-electron chi connectivity index (χ2n) is 3.15. The highest BCUT2D eigenvalue weighted by Gasteiger charge is 2.05. The second kappa shape index (κ2) is 4.22. The average Bonchev–Trinajstić information content (AvgIpc) is 2.87. The molecule has 0 amide bonds. The van der Waals surface area contributed by atoms with Crippen LogP contribution in [0.15, 0.2) is 17.0 Å². The maximum Gasteiger partial charge on any atom is 0.226 e. The number of aliphatic hydroxyl groups is 1. The van der Waals surface area contributed by atoms with E-state index in [1.54, 1.807) is 17.1 Å². The maximum atomic E-state index is 8.83. The van der Waals surface area contributed by atoms with E-state index < -0.39 is 0 Å². The molecular weight excluding hydrogens is 196 g/mol. The highest BCUT2D eigenvalue weighted by molar-refractivity contribution is 4.97. The molecule has 15 heavy (non-hydrogen) atoms. The van der Waals surface area contributed by atoms with Crippen molar-refractivity contribution in [2.75, 3.05) is 0 Å². The zero-order chi connectivity index (χ0) is 10.7. The number of nitrogens with zero attached hydrogens (tertiary/aromatic N) is 4. The summed E-state index contributed by atoms with van der Waals surface area (Å²) < 4.78 is 6.78. The number of aromatic nitrogens is 4. The van der Waals surface area contributed by atoms with Crippen molar-refractivity contribution in [3.05, 3.63) is 29.9 Å². The Kier molecular flexibility index (Phi) is 2.77. The van der Waals surface area contributed by atoms with Gasteiger partial charge in [-0.25, -0.2) is 4.98 Å². The third kappa shape index (κ3) is 2.21. The van der Waals surface area contributed by atoms with E-state index >= 15 is 0 Å². The predicted molar refractivity (Wildman–Crippen MR) is 50.9 cm³/mol. The first kappa shape index (κ1) is 9.85. The number of imidazole rings is 1. The zero-order valence-electron chi connectivity index (χ0n) is 8.42. The first-order valence-corrected chi connectivity index (χ1v) is 4.74. The SMILES string of the molecule is CCc1nc(Cn2cnc(CO)c2)no1. The van der Waals surface area contributed by atoms with Crippen LogP contribution in [0.1, 0.15) is 24.3 Å². The minimum atomic E-state index is -0.0561. The fourth-order valence-electron chi connectivity index (χ4n) is 1.24. The van der Waals surface area contributed by atoms with Crippen LogP contribution in [0.3, 0.4) is 0 Å². The van der Waals surface area contributed by atoms with Gasteiger partial charge in [-0.05, 0) is 0 Å². The number of aliphatic hydroxyl groups excluding tert-OH is 1. The molecule has 2 rings (SSSR count). The van der Waals surface area contributed by atoms with Crippen molar-refractivity contribution in [2.45, 2.75) is 26.5 Å². The van der Waals surface area contributed by atoms with E-state index in [-0.39, 0.29) is 6.61 Å². The minimum absolute atomic E-state index is 0.0561. The summed E-state index contributed by atoms with van der Waals surface area (Å²) >= 11 is 0. The lowest BCUT2D eigenvalue weighted by atomic mass is 10.5. The van der Waals surface area contributed by atoms with Gasteiger partial charge in [-0.2, -0.15) is 4.98 Å². The molecule has 0 saturated carbocycles. The maximum absolute atomic E-state index is 8.83. The summed E-state index contributed by atoms with van der Waals surface area (Å²) in [6, 6.07) is 0. The van der Waals surface area contributed by atoms with Gasteiger partial charge in [0, 0.05) is 12.6 Å². The Bertz CT molecular complexity index is 395. The quantitative estimate of drug-likeness (QED) is 0.785. The van der Waals surface area contributed by atoms with E-state index in [1.165, 1.54) is 0 Å². The smallest absolute Gasteiger partial charge is 0.226 e. The van der Waals surface area contributed by atoms with Crippen molar-refractivity contribution >= 4 is 0 Å². The van der Waals surface area contributed by atoms with E-state index in [9.17, 15) is 0 Å². The predicted octanol–water partition coefficient (Wildman–Crippen LogP) is 0.369. The normalized spacial score (nSPS) is 10.8. The molecule has 2 heterocycles. The standard InChI is InChI=1S/C9H12N4O2/c1-2-9-11-8(12-15-9)4-13-3-7(5-14)10-6-13/h3,6,14H,2,4-5H2,1H3. The van der Waals surface area contributed by atoms with Gasteiger partial charge < -0.3 is 14.2 Å². The molecule has 0 unspecified atom stereocenters. The van der Waals surface area contributed by atoms with Crippen LogP contribution in [-0.4, -0.2) is 24.8 Å². The Hall–Kier alpha value is -1.69. The highest BCUT2D eigenvalue weighted by Crippen LogP contribution is 2.02. The lowest BCUT2D eigenvalue weighted by molar-refractivity contribution is 0.277. The largest absolute Gasteiger partial charge is 0.390 e. The van der Waals surface area contributed by atoms with Gasteiger partial charge in [0.2, 0.25) is 5.89 Å². The molecule has 0 radical (unpaired) electrons. The van der Waals surface area contributed by atoms with Gasteiger partial charge in [-0.15, -0.1) is 0 Å². The lowest BCUT2D eigenvalue weighted by Gasteiger charge is -1.94. The van der Waals surface area contributed by atoms with Gasteiger partial charge in [0.05, 0.1) is 25.2 Å². The topological polar surface area (TPSA) is 77.0 Å². The molecule has 2 aromatic heterocycles. The Labute approximate surface area is 86.6 Å². The third-order valence-electron chi connectivity index (χ3n) is 1.99. The molecule has 0 aliphatic heterocycles. The van der Waals surface area contributed by atoms with Crippen LogP contribution in [0.25, 0.3) is 0 Å². The molecule has 80 valence electrons. The van der Waals surface area contributed by atoms with Gasteiger partial charge in [-0.3, -0.25) is 0 Å². The molecule has 1 N–H and O–H groups in total. The summed E-state index contributed by atoms with van der Waals surface area (Å²) in [5.41, 5.74) is 0.634. The Balaban J connectivity index is 2.07. The zero-order valence-corrected chi connectivity index (χ0v) is 8.42. The molecule has 6 nitrogen and oxygen atoms in total. The Morgan fingerprint density at radius 3 is 3.00 bits per heavy atom. The number of aryl methyl sites for hydroxylation is 1. The van der Waals surface area contributed by atoms with Crippen molar-refractivity contribution in [1.29, 1.82) is 0 Å². The number of hydrogen-bond acceptors (Lipinski definition) is 5. The van der Waals surface area contributed by atoms with Crippen LogP contribution in [0.4, 0.5) is 0 Å². The Morgan fingerprint density at radius 1 is 1.53 bits per heavy atom. The lowest BCUT2D eigenvalue weighted by Crippen LogP contribution is -1.98. The van der Waals surface area contributed by atoms with Crippen LogP contribution >= 0.6 is 0 Å². The summed E-state index contributed by atoms with van der Waals surface area (Å²) in [7, 11) is 0. The van der Waals surface area contributed by atoms with Crippen molar-refractivity contribution in [2.24, 2.45) is 0 Å². The van der Waals surface area contributed by atoms with Crippen LogP contribution in [0, 0.1) is 0 Å². The van der Waals surface area contributed by atoms with Crippen LogP contribution in [0.5, 0.6) is 0 Å². The number of hydrogen-bond donors (Lipinski definition) is 1. The summed E-state index contributed by atoms with van der Waals surface area (Å²) in [5.74, 6) is 1.25. The summed E-state index contributed by atoms with van der Waals surface area (Å²) in [6.07, 6.45) is 4.12. The van der Waals surface area contributed by atoms with E-state index in [2.05, 4.69) is 15.1 Å². The molecule has 6 heteroatoms. The van der Waals surface area contributed by atoms with Gasteiger partial charge in [0.15, 0.2) is 5.82 Å². The summed E-state index contributed by atoms with van der Waals surface area (Å²) in [5, 5.41) is 12.7. The monoisotopic (exact) mass is 208 g/mol. The molecule has 0 fully saturated rings. The fourth-order valence-corrected chi connectivity index (χ4v) is 1.24. The minimum Gasteiger partial charge on any atom is -0.390 e. The van der Waals surface area contributed by atoms with Gasteiger partial charge >= 0.3 is 0 Å². The molecule has 0 atom stereocenters. The molecule has 0 saturated heterocycles. The number of rotatable bonds is 4. The van der Waals surface area contributed by atoms with Gasteiger partial charge in [-0.1, -0.05) is 12.1 Å². The first-order chi connectivity index (χ1) is 7.31. The van der Waals surface area contributed by atoms with Crippen LogP contribution in [-0.2, 0) is 19.6 Å². The molecule has 0 aliphatic carbocycles. The molecule has 2 aromatic rings. The van der Waals surface area contributed by atoms with Gasteiger partial charge in [0.1, 0.15) is 0 Å².